The molecule has 0 spiro atoms. The molecule has 1 atom stereocenters. The maximum atomic E-state index is 11.9. The molecule has 0 radical (unpaired) electrons. The molecule has 0 bridgehead atoms. The summed E-state index contributed by atoms with van der Waals surface area (Å²) < 4.78 is 6.21. The zero-order valence-corrected chi connectivity index (χ0v) is 12.5. The van der Waals surface area contributed by atoms with Crippen molar-refractivity contribution in [3.8, 4) is 5.75 Å². The lowest BCUT2D eigenvalue weighted by Gasteiger charge is -2.09. The third-order valence-corrected chi connectivity index (χ3v) is 3.24. The standard InChI is InChI=1S/C14H20BrNO2/c1-10(16)4-3-5-13(17)9-11-8-12(15)6-7-14(11)18-2/h6-8,10H,3-5,9,16H2,1-2H3. The van der Waals surface area contributed by atoms with E-state index < -0.39 is 0 Å². The number of halogens is 1. The number of hydrogen-bond donors (Lipinski definition) is 1. The van der Waals surface area contributed by atoms with Gasteiger partial charge in [-0.05, 0) is 38.0 Å². The molecule has 0 fully saturated rings. The first kappa shape index (κ1) is 15.2. The fourth-order valence-electron chi connectivity index (χ4n) is 1.81. The maximum Gasteiger partial charge on any atom is 0.137 e. The molecule has 1 aromatic carbocycles. The van der Waals surface area contributed by atoms with E-state index in [1.807, 2.05) is 25.1 Å². The van der Waals surface area contributed by atoms with E-state index in [0.29, 0.717) is 12.8 Å². The normalized spacial score (nSPS) is 12.2. The third-order valence-electron chi connectivity index (χ3n) is 2.75. The Kier molecular flexibility index (Phi) is 6.36. The number of rotatable bonds is 7. The highest BCUT2D eigenvalue weighted by Gasteiger charge is 2.09. The second-order valence-electron chi connectivity index (χ2n) is 4.54. The monoisotopic (exact) mass is 313 g/mol. The molecule has 0 saturated heterocycles. The van der Waals surface area contributed by atoms with Gasteiger partial charge < -0.3 is 10.5 Å². The third kappa shape index (κ3) is 5.19. The Labute approximate surface area is 117 Å². The smallest absolute Gasteiger partial charge is 0.137 e. The fourth-order valence-corrected chi connectivity index (χ4v) is 2.22. The number of nitrogens with two attached hydrogens (primary N) is 1. The van der Waals surface area contributed by atoms with Gasteiger partial charge in [0.25, 0.3) is 0 Å². The van der Waals surface area contributed by atoms with Crippen LogP contribution in [0.15, 0.2) is 22.7 Å². The van der Waals surface area contributed by atoms with E-state index in [0.717, 1.165) is 28.6 Å². The predicted molar refractivity (Wildman–Crippen MR) is 76.9 cm³/mol. The maximum absolute atomic E-state index is 11.9. The van der Waals surface area contributed by atoms with Gasteiger partial charge in [0.1, 0.15) is 11.5 Å². The minimum atomic E-state index is 0.165. The number of methoxy groups -OCH3 is 1. The predicted octanol–water partition coefficient (Wildman–Crippen LogP) is 3.09. The van der Waals surface area contributed by atoms with Crippen molar-refractivity contribution in [2.75, 3.05) is 7.11 Å². The Hall–Kier alpha value is -0.870. The highest BCUT2D eigenvalue weighted by atomic mass is 79.9. The molecule has 0 saturated carbocycles. The van der Waals surface area contributed by atoms with Crippen LogP contribution in [-0.2, 0) is 11.2 Å². The average molecular weight is 314 g/mol. The molecule has 0 aromatic heterocycles. The summed E-state index contributed by atoms with van der Waals surface area (Å²) in [7, 11) is 1.62. The van der Waals surface area contributed by atoms with E-state index in [1.54, 1.807) is 7.11 Å². The Morgan fingerprint density at radius 3 is 2.83 bits per heavy atom. The minimum absolute atomic E-state index is 0.165. The zero-order chi connectivity index (χ0) is 13.5. The highest BCUT2D eigenvalue weighted by Crippen LogP contribution is 2.24. The number of ketones is 1. The molecule has 0 heterocycles. The summed E-state index contributed by atoms with van der Waals surface area (Å²) in [5.41, 5.74) is 6.59. The SMILES string of the molecule is COc1ccc(Br)cc1CC(=O)CCCC(C)N. The number of benzene rings is 1. The molecule has 1 aromatic rings. The molecule has 100 valence electrons. The zero-order valence-electron chi connectivity index (χ0n) is 10.9. The summed E-state index contributed by atoms with van der Waals surface area (Å²) >= 11 is 3.40. The molecule has 3 nitrogen and oxygen atoms in total. The van der Waals surface area contributed by atoms with Crippen molar-refractivity contribution in [2.24, 2.45) is 5.73 Å². The molecule has 18 heavy (non-hydrogen) atoms. The van der Waals surface area contributed by atoms with Gasteiger partial charge in [-0.1, -0.05) is 15.9 Å². The molecule has 0 aliphatic rings. The van der Waals surface area contributed by atoms with Gasteiger partial charge >= 0.3 is 0 Å². The van der Waals surface area contributed by atoms with Crippen molar-refractivity contribution in [3.63, 3.8) is 0 Å². The van der Waals surface area contributed by atoms with Crippen LogP contribution in [0.5, 0.6) is 5.75 Å². The van der Waals surface area contributed by atoms with Crippen molar-refractivity contribution in [2.45, 2.75) is 38.6 Å². The van der Waals surface area contributed by atoms with Crippen molar-refractivity contribution in [1.82, 2.24) is 0 Å². The van der Waals surface area contributed by atoms with E-state index in [-0.39, 0.29) is 11.8 Å². The quantitative estimate of drug-likeness (QED) is 0.841. The Morgan fingerprint density at radius 1 is 1.50 bits per heavy atom. The molecule has 1 rings (SSSR count). The lowest BCUT2D eigenvalue weighted by atomic mass is 10.0. The van der Waals surface area contributed by atoms with E-state index in [9.17, 15) is 4.79 Å². The van der Waals surface area contributed by atoms with E-state index in [4.69, 9.17) is 10.5 Å². The summed E-state index contributed by atoms with van der Waals surface area (Å²) in [6, 6.07) is 5.87. The summed E-state index contributed by atoms with van der Waals surface area (Å²) in [6.07, 6.45) is 2.74. The van der Waals surface area contributed by atoms with Gasteiger partial charge in [-0.25, -0.2) is 0 Å². The Morgan fingerprint density at radius 2 is 2.22 bits per heavy atom. The second-order valence-corrected chi connectivity index (χ2v) is 5.46. The molecule has 0 amide bonds. The van der Waals surface area contributed by atoms with E-state index in [1.165, 1.54) is 0 Å². The molecular weight excluding hydrogens is 294 g/mol. The highest BCUT2D eigenvalue weighted by molar-refractivity contribution is 9.10. The number of carbonyl (C=O) groups excluding carboxylic acids is 1. The summed E-state index contributed by atoms with van der Waals surface area (Å²) in [5.74, 6) is 0.991. The largest absolute Gasteiger partial charge is 0.496 e. The number of hydrogen-bond acceptors (Lipinski definition) is 3. The van der Waals surface area contributed by atoms with Crippen LogP contribution in [0.2, 0.25) is 0 Å². The number of ether oxygens (including phenoxy) is 1. The van der Waals surface area contributed by atoms with Gasteiger partial charge in [0.2, 0.25) is 0 Å². The van der Waals surface area contributed by atoms with Crippen LogP contribution in [0.1, 0.15) is 31.7 Å². The van der Waals surface area contributed by atoms with Crippen molar-refractivity contribution in [1.29, 1.82) is 0 Å². The van der Waals surface area contributed by atoms with Crippen molar-refractivity contribution >= 4 is 21.7 Å². The fraction of sp³-hybridized carbons (Fsp3) is 0.500. The van der Waals surface area contributed by atoms with Gasteiger partial charge in [0, 0.05) is 28.9 Å². The molecule has 1 unspecified atom stereocenters. The number of Topliss-reactive ketones (excluding diaryl/α,β-unsaturated/α-hetero) is 1. The molecule has 0 aliphatic heterocycles. The van der Waals surface area contributed by atoms with Crippen LogP contribution in [0, 0.1) is 0 Å². The average Bonchev–Trinajstić information content (AvgIpc) is 2.28. The summed E-state index contributed by atoms with van der Waals surface area (Å²) in [5, 5.41) is 0. The second kappa shape index (κ2) is 7.54. The van der Waals surface area contributed by atoms with Crippen LogP contribution >= 0.6 is 15.9 Å². The Balaban J connectivity index is 2.55. The molecular formula is C14H20BrNO2. The molecule has 0 aliphatic carbocycles. The van der Waals surface area contributed by atoms with E-state index in [2.05, 4.69) is 15.9 Å². The topological polar surface area (TPSA) is 52.3 Å². The lowest BCUT2D eigenvalue weighted by molar-refractivity contribution is -0.118. The number of carbonyl (C=O) groups is 1. The summed E-state index contributed by atoms with van der Waals surface area (Å²) in [6.45, 7) is 1.96. The minimum Gasteiger partial charge on any atom is -0.496 e. The van der Waals surface area contributed by atoms with Crippen molar-refractivity contribution < 1.29 is 9.53 Å². The van der Waals surface area contributed by atoms with Crippen LogP contribution in [0.25, 0.3) is 0 Å². The summed E-state index contributed by atoms with van der Waals surface area (Å²) in [4.78, 5) is 11.9. The lowest BCUT2D eigenvalue weighted by Crippen LogP contribution is -2.15. The van der Waals surface area contributed by atoms with Gasteiger partial charge in [-0.2, -0.15) is 0 Å². The van der Waals surface area contributed by atoms with Crippen molar-refractivity contribution in [3.05, 3.63) is 28.2 Å². The molecule has 2 N–H and O–H groups in total. The molecule has 4 heteroatoms. The van der Waals surface area contributed by atoms with Gasteiger partial charge in [0.15, 0.2) is 0 Å². The van der Waals surface area contributed by atoms with Crippen LogP contribution in [0.3, 0.4) is 0 Å². The van der Waals surface area contributed by atoms with Gasteiger partial charge in [-0.3, -0.25) is 4.79 Å². The van der Waals surface area contributed by atoms with Crippen LogP contribution in [-0.4, -0.2) is 18.9 Å². The Bertz CT molecular complexity index is 405. The first-order valence-corrected chi connectivity index (χ1v) is 6.92. The van der Waals surface area contributed by atoms with Crippen LogP contribution < -0.4 is 10.5 Å². The van der Waals surface area contributed by atoms with E-state index >= 15 is 0 Å². The van der Waals surface area contributed by atoms with Gasteiger partial charge in [-0.15, -0.1) is 0 Å². The van der Waals surface area contributed by atoms with Crippen LogP contribution in [0.4, 0.5) is 0 Å². The first-order chi connectivity index (χ1) is 8.52. The first-order valence-electron chi connectivity index (χ1n) is 6.12. The van der Waals surface area contributed by atoms with Gasteiger partial charge in [0.05, 0.1) is 7.11 Å².